The molecule has 26 heavy (non-hydrogen) atoms. The minimum atomic E-state index is 0.664. The predicted octanol–water partition coefficient (Wildman–Crippen LogP) is 3.27. The van der Waals surface area contributed by atoms with Crippen molar-refractivity contribution < 1.29 is 0 Å². The zero-order chi connectivity index (χ0) is 18.2. The number of guanidine groups is 1. The maximum Gasteiger partial charge on any atom is 0.191 e. The molecule has 2 aliphatic rings. The number of aliphatic imine (C=N–C) groups is 1. The van der Waals surface area contributed by atoms with E-state index in [-0.39, 0.29) is 0 Å². The van der Waals surface area contributed by atoms with Gasteiger partial charge in [-0.3, -0.25) is 0 Å². The number of nitrogens with one attached hydrogen (secondary N) is 2. The molecule has 1 aromatic heterocycles. The Kier molecular flexibility index (Phi) is 7.47. The van der Waals surface area contributed by atoms with Crippen LogP contribution in [0.25, 0.3) is 0 Å². The fraction of sp³-hybridized carbons (Fsp3) is 0.700. The molecule has 144 valence electrons. The summed E-state index contributed by atoms with van der Waals surface area (Å²) in [6.07, 6.45) is 7.18. The van der Waals surface area contributed by atoms with Crippen LogP contribution < -0.4 is 15.5 Å². The Morgan fingerprint density at radius 1 is 1.27 bits per heavy atom. The molecule has 0 amide bonds. The van der Waals surface area contributed by atoms with Crippen LogP contribution >= 0.6 is 11.8 Å². The van der Waals surface area contributed by atoms with E-state index in [1.165, 1.54) is 31.4 Å². The Morgan fingerprint density at radius 3 is 2.77 bits per heavy atom. The summed E-state index contributed by atoms with van der Waals surface area (Å²) in [4.78, 5) is 11.8. The molecule has 2 aliphatic heterocycles. The van der Waals surface area contributed by atoms with Crippen LogP contribution in [0.1, 0.15) is 45.1 Å². The van der Waals surface area contributed by atoms with Gasteiger partial charge in [-0.15, -0.1) is 0 Å². The van der Waals surface area contributed by atoms with Gasteiger partial charge in [0.25, 0.3) is 0 Å². The van der Waals surface area contributed by atoms with Gasteiger partial charge in [-0.05, 0) is 55.9 Å². The number of hydrogen-bond donors (Lipinski definition) is 2. The molecule has 2 N–H and O–H groups in total. The monoisotopic (exact) mass is 375 g/mol. The summed E-state index contributed by atoms with van der Waals surface area (Å²) in [5.74, 6) is 4.16. The largest absolute Gasteiger partial charge is 0.357 e. The van der Waals surface area contributed by atoms with Crippen molar-refractivity contribution in [3.63, 3.8) is 0 Å². The van der Waals surface area contributed by atoms with Crippen LogP contribution in [-0.4, -0.2) is 48.1 Å². The van der Waals surface area contributed by atoms with Crippen LogP contribution in [0.15, 0.2) is 23.3 Å². The van der Waals surface area contributed by atoms with Gasteiger partial charge < -0.3 is 15.5 Å². The smallest absolute Gasteiger partial charge is 0.191 e. The first-order valence-corrected chi connectivity index (χ1v) is 11.1. The van der Waals surface area contributed by atoms with Crippen molar-refractivity contribution in [3.8, 4) is 0 Å². The highest BCUT2D eigenvalue weighted by Crippen LogP contribution is 2.25. The minimum absolute atomic E-state index is 0.664. The predicted molar refractivity (Wildman–Crippen MR) is 113 cm³/mol. The SMILES string of the molecule is CCNC(=NCc1ccc(N2CCC(C)CC2)nc1)NCC1CCCS1. The lowest BCUT2D eigenvalue weighted by Crippen LogP contribution is -2.40. The van der Waals surface area contributed by atoms with E-state index in [0.717, 1.165) is 54.7 Å². The molecular weight excluding hydrogens is 342 g/mol. The van der Waals surface area contributed by atoms with Gasteiger partial charge in [-0.1, -0.05) is 13.0 Å². The second kappa shape index (κ2) is 10.0. The molecule has 0 radical (unpaired) electrons. The number of aromatic nitrogens is 1. The van der Waals surface area contributed by atoms with Crippen molar-refractivity contribution in [3.05, 3.63) is 23.9 Å². The van der Waals surface area contributed by atoms with Gasteiger partial charge in [0.1, 0.15) is 5.82 Å². The van der Waals surface area contributed by atoms with E-state index in [1.807, 2.05) is 6.20 Å². The highest BCUT2D eigenvalue weighted by atomic mass is 32.2. The third-order valence-electron chi connectivity index (χ3n) is 5.20. The summed E-state index contributed by atoms with van der Waals surface area (Å²) in [6, 6.07) is 4.32. The summed E-state index contributed by atoms with van der Waals surface area (Å²) in [5.41, 5.74) is 1.16. The van der Waals surface area contributed by atoms with E-state index in [2.05, 4.69) is 58.3 Å². The quantitative estimate of drug-likeness (QED) is 0.590. The number of hydrogen-bond acceptors (Lipinski definition) is 4. The maximum absolute atomic E-state index is 4.73. The van der Waals surface area contributed by atoms with Gasteiger partial charge in [-0.2, -0.15) is 11.8 Å². The van der Waals surface area contributed by atoms with Crippen LogP contribution in [-0.2, 0) is 6.54 Å². The number of piperidine rings is 1. The topological polar surface area (TPSA) is 52.6 Å². The van der Waals surface area contributed by atoms with Gasteiger partial charge in [-0.25, -0.2) is 9.98 Å². The molecule has 2 saturated heterocycles. The Hall–Kier alpha value is -1.43. The van der Waals surface area contributed by atoms with Crippen LogP contribution in [0, 0.1) is 5.92 Å². The van der Waals surface area contributed by atoms with E-state index in [1.54, 1.807) is 0 Å². The highest BCUT2D eigenvalue weighted by Gasteiger charge is 2.17. The van der Waals surface area contributed by atoms with Crippen LogP contribution in [0.4, 0.5) is 5.82 Å². The lowest BCUT2D eigenvalue weighted by Gasteiger charge is -2.31. The summed E-state index contributed by atoms with van der Waals surface area (Å²) in [6.45, 7) is 9.25. The molecule has 3 rings (SSSR count). The third-order valence-corrected chi connectivity index (χ3v) is 6.60. The molecule has 0 aliphatic carbocycles. The van der Waals surface area contributed by atoms with E-state index < -0.39 is 0 Å². The standard InChI is InChI=1S/C20H33N5S/c1-3-21-20(24-15-18-5-4-12-26-18)23-14-17-6-7-19(22-13-17)25-10-8-16(2)9-11-25/h6-7,13,16,18H,3-5,8-12,14-15H2,1-2H3,(H2,21,23,24). The first-order valence-electron chi connectivity index (χ1n) is 10.1. The Balaban J connectivity index is 1.51. The maximum atomic E-state index is 4.73. The van der Waals surface area contributed by atoms with Crippen molar-refractivity contribution in [2.45, 2.75) is 51.3 Å². The number of anilines is 1. The molecule has 1 unspecified atom stereocenters. The summed E-state index contributed by atoms with van der Waals surface area (Å²) in [7, 11) is 0. The molecule has 5 nitrogen and oxygen atoms in total. The van der Waals surface area contributed by atoms with Crippen molar-refractivity contribution in [1.29, 1.82) is 0 Å². The Morgan fingerprint density at radius 2 is 2.12 bits per heavy atom. The number of pyridine rings is 1. The molecule has 0 aromatic carbocycles. The van der Waals surface area contributed by atoms with Gasteiger partial charge in [0.15, 0.2) is 5.96 Å². The average Bonchev–Trinajstić information content (AvgIpc) is 3.19. The minimum Gasteiger partial charge on any atom is -0.357 e. The van der Waals surface area contributed by atoms with Crippen LogP contribution in [0.3, 0.4) is 0 Å². The lowest BCUT2D eigenvalue weighted by molar-refractivity contribution is 0.436. The van der Waals surface area contributed by atoms with Gasteiger partial charge in [0.05, 0.1) is 6.54 Å². The van der Waals surface area contributed by atoms with Gasteiger partial charge >= 0.3 is 0 Å². The molecule has 1 atom stereocenters. The lowest BCUT2D eigenvalue weighted by atomic mass is 9.99. The van der Waals surface area contributed by atoms with Crippen LogP contribution in [0.2, 0.25) is 0 Å². The van der Waals surface area contributed by atoms with E-state index in [4.69, 9.17) is 4.99 Å². The molecule has 0 bridgehead atoms. The van der Waals surface area contributed by atoms with E-state index in [0.29, 0.717) is 6.54 Å². The summed E-state index contributed by atoms with van der Waals surface area (Å²) in [5, 5.41) is 7.56. The number of nitrogens with zero attached hydrogens (tertiary/aromatic N) is 3. The van der Waals surface area contributed by atoms with Crippen molar-refractivity contribution in [2.24, 2.45) is 10.9 Å². The zero-order valence-electron chi connectivity index (χ0n) is 16.2. The summed E-state index contributed by atoms with van der Waals surface area (Å²) >= 11 is 2.07. The number of rotatable bonds is 6. The molecule has 3 heterocycles. The van der Waals surface area contributed by atoms with Gasteiger partial charge in [0, 0.05) is 37.6 Å². The fourth-order valence-corrected chi connectivity index (χ4v) is 4.66. The average molecular weight is 376 g/mol. The van der Waals surface area contributed by atoms with E-state index >= 15 is 0 Å². The second-order valence-corrected chi connectivity index (χ2v) is 8.81. The second-order valence-electron chi connectivity index (χ2n) is 7.41. The first kappa shape index (κ1) is 19.3. The van der Waals surface area contributed by atoms with E-state index in [9.17, 15) is 0 Å². The molecule has 0 spiro atoms. The van der Waals surface area contributed by atoms with Crippen molar-refractivity contribution >= 4 is 23.5 Å². The normalized spacial score (nSPS) is 21.8. The van der Waals surface area contributed by atoms with Crippen molar-refractivity contribution in [1.82, 2.24) is 15.6 Å². The third kappa shape index (κ3) is 5.79. The van der Waals surface area contributed by atoms with Gasteiger partial charge in [0.2, 0.25) is 0 Å². The highest BCUT2D eigenvalue weighted by molar-refractivity contribution is 8.00. The molecule has 6 heteroatoms. The molecule has 1 aromatic rings. The molecular formula is C20H33N5S. The van der Waals surface area contributed by atoms with Crippen molar-refractivity contribution in [2.75, 3.05) is 36.8 Å². The number of thioether (sulfide) groups is 1. The molecule has 0 saturated carbocycles. The summed E-state index contributed by atoms with van der Waals surface area (Å²) < 4.78 is 0. The fourth-order valence-electron chi connectivity index (χ4n) is 3.46. The zero-order valence-corrected chi connectivity index (χ0v) is 17.0. The Bertz CT molecular complexity index is 560. The molecule has 2 fully saturated rings. The first-order chi connectivity index (χ1) is 12.7. The Labute approximate surface area is 162 Å². The van der Waals surface area contributed by atoms with Crippen LogP contribution in [0.5, 0.6) is 0 Å².